The summed E-state index contributed by atoms with van der Waals surface area (Å²) in [7, 11) is 0. The van der Waals surface area contributed by atoms with Crippen LogP contribution in [0.1, 0.15) is 5.56 Å². The molecule has 1 aromatic carbocycles. The van der Waals surface area contributed by atoms with Crippen LogP contribution in [0.4, 0.5) is 11.5 Å². The molecule has 0 fully saturated rings. The Labute approximate surface area is 97.1 Å². The lowest BCUT2D eigenvalue weighted by Gasteiger charge is -2.01. The second kappa shape index (κ2) is 4.48. The van der Waals surface area contributed by atoms with Crippen LogP contribution < -0.4 is 5.73 Å². The minimum absolute atomic E-state index is 0.0339. The summed E-state index contributed by atoms with van der Waals surface area (Å²) in [6, 6.07) is 8.71. The van der Waals surface area contributed by atoms with Gasteiger partial charge in [0.15, 0.2) is 11.5 Å². The van der Waals surface area contributed by atoms with Crippen molar-refractivity contribution in [1.29, 1.82) is 0 Å². The van der Waals surface area contributed by atoms with Gasteiger partial charge < -0.3 is 15.9 Å². The fourth-order valence-corrected chi connectivity index (χ4v) is 1.25. The number of hydrogen-bond acceptors (Lipinski definition) is 6. The standard InChI is InChI=1S/C11H10N4O2/c12-9-8(10(16)15-11(17)14-9)13-6-7-4-2-1-3-5-7/h1-6H,(H4,12,14,15,16,17)/b13-6+. The Hall–Kier alpha value is -2.63. The summed E-state index contributed by atoms with van der Waals surface area (Å²) < 4.78 is 0. The molecule has 1 heterocycles. The molecule has 0 saturated heterocycles. The molecule has 0 aliphatic carbocycles. The van der Waals surface area contributed by atoms with Gasteiger partial charge in [-0.05, 0) is 5.56 Å². The van der Waals surface area contributed by atoms with E-state index in [2.05, 4.69) is 15.0 Å². The van der Waals surface area contributed by atoms with Crippen LogP contribution in [0.3, 0.4) is 0 Å². The maximum atomic E-state index is 9.45. The third-order valence-corrected chi connectivity index (χ3v) is 2.02. The van der Waals surface area contributed by atoms with E-state index in [1.165, 1.54) is 6.21 Å². The number of anilines is 1. The molecule has 0 atom stereocenters. The van der Waals surface area contributed by atoms with Gasteiger partial charge in [0.05, 0.1) is 0 Å². The first-order chi connectivity index (χ1) is 8.16. The Morgan fingerprint density at radius 2 is 1.82 bits per heavy atom. The molecule has 0 unspecified atom stereocenters. The molecule has 17 heavy (non-hydrogen) atoms. The van der Waals surface area contributed by atoms with Gasteiger partial charge in [0.1, 0.15) is 0 Å². The lowest BCUT2D eigenvalue weighted by Crippen LogP contribution is -1.93. The number of nitrogens with two attached hydrogens (primary N) is 1. The van der Waals surface area contributed by atoms with E-state index in [-0.39, 0.29) is 11.5 Å². The number of hydrogen-bond donors (Lipinski definition) is 3. The zero-order valence-corrected chi connectivity index (χ0v) is 8.78. The van der Waals surface area contributed by atoms with Crippen LogP contribution in [0.5, 0.6) is 11.9 Å². The quantitative estimate of drug-likeness (QED) is 0.673. The molecule has 1 aromatic heterocycles. The number of nitrogen functional groups attached to an aromatic ring is 1. The lowest BCUT2D eigenvalue weighted by atomic mass is 10.2. The molecule has 0 spiro atoms. The van der Waals surface area contributed by atoms with Crippen molar-refractivity contribution in [3.8, 4) is 11.9 Å². The summed E-state index contributed by atoms with van der Waals surface area (Å²) in [5.74, 6) is -0.538. The average Bonchev–Trinajstić information content (AvgIpc) is 2.29. The molecule has 4 N–H and O–H groups in total. The molecule has 86 valence electrons. The van der Waals surface area contributed by atoms with Crippen LogP contribution in [0.2, 0.25) is 0 Å². The van der Waals surface area contributed by atoms with Crippen molar-refractivity contribution < 1.29 is 10.2 Å². The van der Waals surface area contributed by atoms with E-state index in [0.29, 0.717) is 0 Å². The summed E-state index contributed by atoms with van der Waals surface area (Å²) in [5, 5.41) is 18.4. The van der Waals surface area contributed by atoms with Crippen LogP contribution >= 0.6 is 0 Å². The maximum absolute atomic E-state index is 9.45. The third-order valence-electron chi connectivity index (χ3n) is 2.02. The number of aliphatic imine (C=N–C) groups is 1. The van der Waals surface area contributed by atoms with Crippen molar-refractivity contribution >= 4 is 17.7 Å². The number of aromatic hydroxyl groups is 2. The first-order valence-corrected chi connectivity index (χ1v) is 4.81. The summed E-state index contributed by atoms with van der Waals surface area (Å²) in [6.45, 7) is 0. The predicted molar refractivity (Wildman–Crippen MR) is 63.5 cm³/mol. The van der Waals surface area contributed by atoms with Gasteiger partial charge in [-0.1, -0.05) is 30.3 Å². The van der Waals surface area contributed by atoms with Gasteiger partial charge >= 0.3 is 6.01 Å². The molecule has 0 bridgehead atoms. The maximum Gasteiger partial charge on any atom is 0.319 e. The number of aromatic nitrogens is 2. The molecule has 0 amide bonds. The smallest absolute Gasteiger partial charge is 0.319 e. The van der Waals surface area contributed by atoms with E-state index >= 15 is 0 Å². The highest BCUT2D eigenvalue weighted by Gasteiger charge is 2.09. The zero-order chi connectivity index (χ0) is 12.3. The normalized spacial score (nSPS) is 10.8. The van der Waals surface area contributed by atoms with Crippen LogP contribution in [-0.4, -0.2) is 26.4 Å². The minimum atomic E-state index is -0.585. The molecule has 6 heteroatoms. The zero-order valence-electron chi connectivity index (χ0n) is 8.78. The van der Waals surface area contributed by atoms with Crippen LogP contribution in [0.15, 0.2) is 35.3 Å². The van der Waals surface area contributed by atoms with Gasteiger partial charge in [-0.15, -0.1) is 0 Å². The lowest BCUT2D eigenvalue weighted by molar-refractivity contribution is 0.400. The van der Waals surface area contributed by atoms with Crippen molar-refractivity contribution in [3.63, 3.8) is 0 Å². The van der Waals surface area contributed by atoms with Crippen molar-refractivity contribution in [1.82, 2.24) is 9.97 Å². The summed E-state index contributed by atoms with van der Waals surface area (Å²) >= 11 is 0. The number of benzene rings is 1. The molecule has 0 saturated carbocycles. The predicted octanol–water partition coefficient (Wildman–Crippen LogP) is 1.22. The van der Waals surface area contributed by atoms with Gasteiger partial charge in [-0.25, -0.2) is 4.99 Å². The highest BCUT2D eigenvalue weighted by Crippen LogP contribution is 2.30. The summed E-state index contributed by atoms with van der Waals surface area (Å²) in [4.78, 5) is 10.8. The van der Waals surface area contributed by atoms with E-state index in [9.17, 15) is 5.11 Å². The van der Waals surface area contributed by atoms with Crippen molar-refractivity contribution in [2.24, 2.45) is 4.99 Å². The van der Waals surface area contributed by atoms with E-state index in [1.54, 1.807) is 0 Å². The molecule has 2 aromatic rings. The Kier molecular flexibility index (Phi) is 2.87. The van der Waals surface area contributed by atoms with Crippen LogP contribution in [0, 0.1) is 0 Å². The van der Waals surface area contributed by atoms with Crippen molar-refractivity contribution in [3.05, 3.63) is 35.9 Å². The molecule has 0 radical (unpaired) electrons. The van der Waals surface area contributed by atoms with Crippen molar-refractivity contribution in [2.45, 2.75) is 0 Å². The van der Waals surface area contributed by atoms with Gasteiger partial charge in [0.25, 0.3) is 0 Å². The fraction of sp³-hybridized carbons (Fsp3) is 0. The summed E-state index contributed by atoms with van der Waals surface area (Å²) in [5.41, 5.74) is 6.38. The second-order valence-electron chi connectivity index (χ2n) is 3.25. The fourth-order valence-electron chi connectivity index (χ4n) is 1.25. The van der Waals surface area contributed by atoms with Gasteiger partial charge in [0, 0.05) is 6.21 Å². The number of rotatable bonds is 2. The Balaban J connectivity index is 2.34. The van der Waals surface area contributed by atoms with Crippen LogP contribution in [0.25, 0.3) is 0 Å². The Morgan fingerprint density at radius 3 is 2.47 bits per heavy atom. The molecular formula is C11H10N4O2. The average molecular weight is 230 g/mol. The van der Waals surface area contributed by atoms with Gasteiger partial charge in [-0.2, -0.15) is 9.97 Å². The topological polar surface area (TPSA) is 105 Å². The number of nitrogens with zero attached hydrogens (tertiary/aromatic N) is 3. The molecule has 0 aliphatic rings. The molecule has 0 aliphatic heterocycles. The van der Waals surface area contributed by atoms with Gasteiger partial charge in [0.2, 0.25) is 5.88 Å². The minimum Gasteiger partial charge on any atom is -0.492 e. The van der Waals surface area contributed by atoms with Gasteiger partial charge in [-0.3, -0.25) is 0 Å². The highest BCUT2D eigenvalue weighted by atomic mass is 16.3. The molecule has 2 rings (SSSR count). The first-order valence-electron chi connectivity index (χ1n) is 4.81. The monoisotopic (exact) mass is 230 g/mol. The van der Waals surface area contributed by atoms with E-state index < -0.39 is 11.9 Å². The van der Waals surface area contributed by atoms with Crippen LogP contribution in [-0.2, 0) is 0 Å². The van der Waals surface area contributed by atoms with E-state index in [0.717, 1.165) is 5.56 Å². The SMILES string of the molecule is Nc1nc(O)nc(O)c1/N=C/c1ccccc1. The largest absolute Gasteiger partial charge is 0.492 e. The Morgan fingerprint density at radius 1 is 1.12 bits per heavy atom. The first kappa shape index (κ1) is 10.9. The Bertz CT molecular complexity index is 532. The van der Waals surface area contributed by atoms with E-state index in [1.807, 2.05) is 30.3 Å². The second-order valence-corrected chi connectivity index (χ2v) is 3.25. The molecular weight excluding hydrogens is 220 g/mol. The van der Waals surface area contributed by atoms with Crippen molar-refractivity contribution in [2.75, 3.05) is 5.73 Å². The molecule has 6 nitrogen and oxygen atoms in total. The third kappa shape index (κ3) is 2.49. The highest BCUT2D eigenvalue weighted by molar-refractivity contribution is 5.84. The summed E-state index contributed by atoms with van der Waals surface area (Å²) in [6.07, 6.45) is 1.52. The van der Waals surface area contributed by atoms with E-state index in [4.69, 9.17) is 10.8 Å².